The summed E-state index contributed by atoms with van der Waals surface area (Å²) in [7, 11) is -3.36. The summed E-state index contributed by atoms with van der Waals surface area (Å²) in [4.78, 5) is 16.0. The van der Waals surface area contributed by atoms with Gasteiger partial charge in [-0.15, -0.1) is 0 Å². The van der Waals surface area contributed by atoms with Crippen LogP contribution < -0.4 is 0 Å². The molecule has 0 N–H and O–H groups in total. The average molecular weight is 334 g/mol. The lowest BCUT2D eigenvalue weighted by atomic mass is 9.88. The fraction of sp³-hybridized carbons (Fsp3) is 0.929. The van der Waals surface area contributed by atoms with Crippen LogP contribution in [0.2, 0.25) is 0 Å². The minimum Gasteiger partial charge on any atom is -0.444 e. The zero-order valence-corrected chi connectivity index (χ0v) is 14.6. The minimum absolute atomic E-state index is 0.191. The Labute approximate surface area is 132 Å². The normalized spacial score (nSPS) is 27.4. The average Bonchev–Trinajstić information content (AvgIpc) is 2.30. The molecule has 0 aromatic carbocycles. The number of amides is 1. The number of hydrogen-bond acceptors (Lipinski definition) is 6. The smallest absolute Gasteiger partial charge is 0.410 e. The van der Waals surface area contributed by atoms with Crippen LogP contribution in [0.1, 0.15) is 33.6 Å². The molecule has 2 aliphatic rings. The van der Waals surface area contributed by atoms with Crippen molar-refractivity contribution in [1.82, 2.24) is 9.80 Å². The molecule has 0 aromatic rings. The molecular weight excluding hydrogens is 308 g/mol. The Morgan fingerprint density at radius 3 is 2.09 bits per heavy atom. The molecule has 1 aliphatic heterocycles. The van der Waals surface area contributed by atoms with Crippen LogP contribution in [0, 0.1) is 0 Å². The first-order valence-corrected chi connectivity index (χ1v) is 9.45. The van der Waals surface area contributed by atoms with E-state index in [1.165, 1.54) is 0 Å². The van der Waals surface area contributed by atoms with Crippen LogP contribution >= 0.6 is 0 Å². The molecule has 1 aliphatic carbocycles. The predicted octanol–water partition coefficient (Wildman–Crippen LogP) is 1.05. The maximum atomic E-state index is 12.0. The first kappa shape index (κ1) is 17.5. The van der Waals surface area contributed by atoms with Gasteiger partial charge in [-0.2, -0.15) is 8.42 Å². The van der Waals surface area contributed by atoms with E-state index in [0.29, 0.717) is 19.1 Å². The van der Waals surface area contributed by atoms with Crippen LogP contribution in [-0.4, -0.2) is 74.5 Å². The minimum atomic E-state index is -3.36. The van der Waals surface area contributed by atoms with Gasteiger partial charge in [0.15, 0.2) is 0 Å². The monoisotopic (exact) mass is 334 g/mol. The van der Waals surface area contributed by atoms with Crippen molar-refractivity contribution in [2.45, 2.75) is 51.4 Å². The summed E-state index contributed by atoms with van der Waals surface area (Å²) < 4.78 is 32.4. The standard InChI is InChI=1S/C14H26N2O5S/c1-14(2,3)20-13(17)16-7-5-15(6-8-16)11-9-12(10-11)21-22(4,18)19/h11-12H,5-10H2,1-4H3/t11-,12-. The van der Waals surface area contributed by atoms with Crippen molar-refractivity contribution >= 4 is 16.2 Å². The highest BCUT2D eigenvalue weighted by Crippen LogP contribution is 2.30. The lowest BCUT2D eigenvalue weighted by Gasteiger charge is -2.45. The van der Waals surface area contributed by atoms with E-state index in [0.717, 1.165) is 32.2 Å². The molecule has 22 heavy (non-hydrogen) atoms. The van der Waals surface area contributed by atoms with E-state index in [1.54, 1.807) is 4.90 Å². The molecule has 0 atom stereocenters. The number of carbonyl (C=O) groups excluding carboxylic acids is 1. The Balaban J connectivity index is 1.72. The molecule has 0 spiro atoms. The molecule has 0 radical (unpaired) electrons. The van der Waals surface area contributed by atoms with Crippen LogP contribution in [0.3, 0.4) is 0 Å². The van der Waals surface area contributed by atoms with E-state index >= 15 is 0 Å². The van der Waals surface area contributed by atoms with E-state index in [-0.39, 0.29) is 12.2 Å². The molecule has 2 rings (SSSR count). The van der Waals surface area contributed by atoms with Gasteiger partial charge in [-0.25, -0.2) is 4.79 Å². The van der Waals surface area contributed by atoms with Crippen molar-refractivity contribution in [3.63, 3.8) is 0 Å². The summed E-state index contributed by atoms with van der Waals surface area (Å²) in [5.41, 5.74) is -0.474. The molecule has 0 unspecified atom stereocenters. The quantitative estimate of drug-likeness (QED) is 0.718. The largest absolute Gasteiger partial charge is 0.444 e. The van der Waals surface area contributed by atoms with Crippen LogP contribution in [0.15, 0.2) is 0 Å². The number of rotatable bonds is 3. The second-order valence-corrected chi connectivity index (χ2v) is 8.65. The zero-order chi connectivity index (χ0) is 16.5. The highest BCUT2D eigenvalue weighted by Gasteiger charge is 2.38. The topological polar surface area (TPSA) is 76.2 Å². The van der Waals surface area contributed by atoms with Gasteiger partial charge in [0.05, 0.1) is 12.4 Å². The van der Waals surface area contributed by atoms with Crippen LogP contribution in [0.25, 0.3) is 0 Å². The van der Waals surface area contributed by atoms with Gasteiger partial charge < -0.3 is 9.64 Å². The summed E-state index contributed by atoms with van der Waals surface area (Å²) in [6, 6.07) is 0.354. The summed E-state index contributed by atoms with van der Waals surface area (Å²) in [6.45, 7) is 8.43. The zero-order valence-electron chi connectivity index (χ0n) is 13.7. The predicted molar refractivity (Wildman–Crippen MR) is 82.1 cm³/mol. The maximum Gasteiger partial charge on any atom is 0.410 e. The third-order valence-electron chi connectivity index (χ3n) is 3.86. The number of carbonyl (C=O) groups is 1. The molecule has 1 saturated carbocycles. The highest BCUT2D eigenvalue weighted by atomic mass is 32.2. The first-order chi connectivity index (χ1) is 10.0. The van der Waals surface area contributed by atoms with Crippen molar-refractivity contribution in [2.24, 2.45) is 0 Å². The number of hydrogen-bond donors (Lipinski definition) is 0. The van der Waals surface area contributed by atoms with E-state index in [4.69, 9.17) is 8.92 Å². The number of ether oxygens (including phenoxy) is 1. The van der Waals surface area contributed by atoms with Crippen molar-refractivity contribution in [3.8, 4) is 0 Å². The third-order valence-corrected chi connectivity index (χ3v) is 4.48. The fourth-order valence-corrected chi connectivity index (χ4v) is 3.41. The molecular formula is C14H26N2O5S. The van der Waals surface area contributed by atoms with E-state index in [9.17, 15) is 13.2 Å². The third kappa shape index (κ3) is 5.10. The Bertz CT molecular complexity index is 500. The second-order valence-electron chi connectivity index (χ2n) is 7.05. The Hall–Kier alpha value is -0.860. The van der Waals surface area contributed by atoms with Gasteiger partial charge in [0.25, 0.3) is 10.1 Å². The van der Waals surface area contributed by atoms with Crippen LogP contribution in [0.5, 0.6) is 0 Å². The molecule has 7 nitrogen and oxygen atoms in total. The molecule has 128 valence electrons. The van der Waals surface area contributed by atoms with Crippen molar-refractivity contribution < 1.29 is 22.1 Å². The van der Waals surface area contributed by atoms with E-state index in [2.05, 4.69) is 4.90 Å². The summed E-state index contributed by atoms with van der Waals surface area (Å²) >= 11 is 0. The molecule has 1 heterocycles. The molecule has 0 aromatic heterocycles. The molecule has 1 amide bonds. The second kappa shape index (κ2) is 6.33. The van der Waals surface area contributed by atoms with Gasteiger partial charge in [-0.05, 0) is 33.6 Å². The Kier molecular flexibility index (Phi) is 5.03. The molecule has 8 heteroatoms. The van der Waals surface area contributed by atoms with Crippen LogP contribution in [-0.2, 0) is 19.0 Å². The Morgan fingerprint density at radius 1 is 1.09 bits per heavy atom. The summed E-state index contributed by atoms with van der Waals surface area (Å²) in [5, 5.41) is 0. The van der Waals surface area contributed by atoms with Gasteiger partial charge in [0.2, 0.25) is 0 Å². The van der Waals surface area contributed by atoms with Crippen molar-refractivity contribution in [3.05, 3.63) is 0 Å². The van der Waals surface area contributed by atoms with Gasteiger partial charge in [-0.1, -0.05) is 0 Å². The van der Waals surface area contributed by atoms with Crippen molar-refractivity contribution in [1.29, 1.82) is 0 Å². The molecule has 0 bridgehead atoms. The lowest BCUT2D eigenvalue weighted by Crippen LogP contribution is -2.57. The number of piperazine rings is 1. The maximum absolute atomic E-state index is 12.0. The molecule has 1 saturated heterocycles. The SMILES string of the molecule is CC(C)(C)OC(=O)N1CCN([C@H]2C[C@H](OS(C)(=O)=O)C2)CC1. The van der Waals surface area contributed by atoms with Gasteiger partial charge in [0, 0.05) is 32.2 Å². The Morgan fingerprint density at radius 2 is 1.64 bits per heavy atom. The summed E-state index contributed by atoms with van der Waals surface area (Å²) in [5.74, 6) is 0. The highest BCUT2D eigenvalue weighted by molar-refractivity contribution is 7.86. The number of nitrogens with zero attached hydrogens (tertiary/aromatic N) is 2. The first-order valence-electron chi connectivity index (χ1n) is 7.64. The van der Waals surface area contributed by atoms with E-state index in [1.807, 2.05) is 20.8 Å². The van der Waals surface area contributed by atoms with Gasteiger partial charge in [0.1, 0.15) is 5.60 Å². The van der Waals surface area contributed by atoms with E-state index < -0.39 is 15.7 Å². The lowest BCUT2D eigenvalue weighted by molar-refractivity contribution is -0.0163. The van der Waals surface area contributed by atoms with Gasteiger partial charge in [-0.3, -0.25) is 9.08 Å². The molecule has 2 fully saturated rings. The van der Waals surface area contributed by atoms with Gasteiger partial charge >= 0.3 is 6.09 Å². The summed E-state index contributed by atoms with van der Waals surface area (Å²) in [6.07, 6.45) is 2.10. The fourth-order valence-electron chi connectivity index (χ4n) is 2.76. The van der Waals surface area contributed by atoms with Crippen LogP contribution in [0.4, 0.5) is 4.79 Å². The van der Waals surface area contributed by atoms with Crippen molar-refractivity contribution in [2.75, 3.05) is 32.4 Å².